The second-order valence-corrected chi connectivity index (χ2v) is 20.9. The minimum Gasteiger partial charge on any atom is -0.478 e. The number of pyridine rings is 2. The first-order valence-corrected chi connectivity index (χ1v) is 27.3. The van der Waals surface area contributed by atoms with Crippen LogP contribution in [0.2, 0.25) is 0 Å². The van der Waals surface area contributed by atoms with Crippen molar-refractivity contribution >= 4 is 34.6 Å². The SMILES string of the molecule is CCN(c1cc(N2Cc3ccccc3C2)cc(C(=O)NCc2c(C)cc(C)[nH]c2=O)c1C)C1CCOCC1.CCN(c1cc(N2Cc3ccccc3C2)cc(C(=O)O)c1C)C1CCOCC1.Cc1cc(C)c(CN)c(=O)[nH]1. The largest absolute Gasteiger partial charge is 0.478 e. The molecule has 77 heavy (non-hydrogen) atoms. The number of anilines is 4. The van der Waals surface area contributed by atoms with Crippen molar-refractivity contribution in [2.24, 2.45) is 5.73 Å². The molecule has 15 nitrogen and oxygen atoms in total. The highest BCUT2D eigenvalue weighted by Crippen LogP contribution is 2.38. The van der Waals surface area contributed by atoms with Crippen LogP contribution in [0.3, 0.4) is 0 Å². The van der Waals surface area contributed by atoms with Crippen LogP contribution in [0.1, 0.15) is 127 Å². The molecule has 0 aliphatic carbocycles. The molecule has 0 atom stereocenters. The Morgan fingerprint density at radius 1 is 0.610 bits per heavy atom. The van der Waals surface area contributed by atoms with Gasteiger partial charge in [0, 0.05) is 142 Å². The van der Waals surface area contributed by atoms with Gasteiger partial charge in [0.05, 0.1) is 5.56 Å². The van der Waals surface area contributed by atoms with Crippen LogP contribution in [-0.4, -0.2) is 78.6 Å². The monoisotopic (exact) mass is 1050 g/mol. The normalized spacial score (nSPS) is 15.2. The van der Waals surface area contributed by atoms with Gasteiger partial charge in [-0.3, -0.25) is 14.4 Å². The number of carbonyl (C=O) groups is 2. The molecule has 1 amide bonds. The predicted octanol–water partition coefficient (Wildman–Crippen LogP) is 9.42. The van der Waals surface area contributed by atoms with Gasteiger partial charge in [-0.1, -0.05) is 48.5 Å². The molecule has 0 spiro atoms. The van der Waals surface area contributed by atoms with Crippen LogP contribution >= 0.6 is 0 Å². The van der Waals surface area contributed by atoms with E-state index in [1.165, 1.54) is 22.3 Å². The van der Waals surface area contributed by atoms with Crippen molar-refractivity contribution < 1.29 is 24.2 Å². The summed E-state index contributed by atoms with van der Waals surface area (Å²) in [7, 11) is 0. The Kier molecular flexibility index (Phi) is 18.4. The van der Waals surface area contributed by atoms with E-state index >= 15 is 0 Å². The summed E-state index contributed by atoms with van der Waals surface area (Å²) in [5.41, 5.74) is 22.3. The molecule has 4 aliphatic rings. The number of nitrogens with one attached hydrogen (secondary N) is 3. The number of nitrogens with zero attached hydrogens (tertiary/aromatic N) is 4. The van der Waals surface area contributed by atoms with Gasteiger partial charge in [-0.15, -0.1) is 0 Å². The van der Waals surface area contributed by atoms with Crippen LogP contribution in [0.15, 0.2) is 94.5 Å². The summed E-state index contributed by atoms with van der Waals surface area (Å²) in [4.78, 5) is 64.3. The van der Waals surface area contributed by atoms with Gasteiger partial charge in [0.25, 0.3) is 17.0 Å². The molecule has 0 radical (unpaired) electrons. The van der Waals surface area contributed by atoms with Crippen molar-refractivity contribution in [3.8, 4) is 0 Å². The number of aromatic amines is 2. The predicted molar refractivity (Wildman–Crippen MR) is 308 cm³/mol. The third kappa shape index (κ3) is 13.0. The van der Waals surface area contributed by atoms with Gasteiger partial charge < -0.3 is 55.2 Å². The van der Waals surface area contributed by atoms with Gasteiger partial charge >= 0.3 is 5.97 Å². The number of carbonyl (C=O) groups excluding carboxylic acids is 1. The first-order chi connectivity index (χ1) is 37.1. The van der Waals surface area contributed by atoms with Crippen molar-refractivity contribution in [1.29, 1.82) is 0 Å². The molecule has 0 unspecified atom stereocenters. The summed E-state index contributed by atoms with van der Waals surface area (Å²) >= 11 is 0. The first-order valence-electron chi connectivity index (χ1n) is 27.3. The summed E-state index contributed by atoms with van der Waals surface area (Å²) in [5.74, 6) is -1.02. The zero-order valence-corrected chi connectivity index (χ0v) is 46.3. The fourth-order valence-electron chi connectivity index (χ4n) is 11.6. The van der Waals surface area contributed by atoms with E-state index in [4.69, 9.17) is 15.2 Å². The molecule has 4 aromatic carbocycles. The quantitative estimate of drug-likeness (QED) is 0.0738. The molecule has 0 saturated carbocycles. The molecule has 408 valence electrons. The minimum absolute atomic E-state index is 0.0648. The summed E-state index contributed by atoms with van der Waals surface area (Å²) in [6.07, 6.45) is 3.91. The average molecular weight is 1050 g/mol. The molecular weight excluding hydrogens is 969 g/mol. The second-order valence-electron chi connectivity index (χ2n) is 20.9. The molecule has 2 aromatic heterocycles. The van der Waals surface area contributed by atoms with Crippen LogP contribution in [0.5, 0.6) is 0 Å². The van der Waals surface area contributed by atoms with Crippen molar-refractivity contribution in [3.63, 3.8) is 0 Å². The number of amides is 1. The van der Waals surface area contributed by atoms with Gasteiger partial charge in [-0.2, -0.15) is 0 Å². The van der Waals surface area contributed by atoms with Crippen LogP contribution in [-0.2, 0) is 48.7 Å². The maximum Gasteiger partial charge on any atom is 0.336 e. The number of benzene rings is 4. The van der Waals surface area contributed by atoms with E-state index in [9.17, 15) is 24.3 Å². The van der Waals surface area contributed by atoms with E-state index in [-0.39, 0.29) is 23.6 Å². The Morgan fingerprint density at radius 2 is 1.00 bits per heavy atom. The lowest BCUT2D eigenvalue weighted by Crippen LogP contribution is -2.40. The molecule has 6 N–H and O–H groups in total. The molecule has 2 fully saturated rings. The molecule has 15 heteroatoms. The zero-order valence-electron chi connectivity index (χ0n) is 46.3. The number of hydrogen-bond acceptors (Lipinski definition) is 11. The fraction of sp³-hybridized carbons (Fsp3) is 0.419. The molecule has 2 saturated heterocycles. The molecule has 0 bridgehead atoms. The van der Waals surface area contributed by atoms with Gasteiger partial charge in [0.1, 0.15) is 0 Å². The van der Waals surface area contributed by atoms with E-state index in [1.807, 2.05) is 65.8 Å². The summed E-state index contributed by atoms with van der Waals surface area (Å²) < 4.78 is 11.2. The molecule has 6 heterocycles. The molecule has 4 aliphatic heterocycles. The first kappa shape index (κ1) is 56.0. The van der Waals surface area contributed by atoms with E-state index in [1.54, 1.807) is 0 Å². The average Bonchev–Trinajstić information content (AvgIpc) is 4.09. The number of aromatic carboxylic acids is 1. The second kappa shape index (κ2) is 25.3. The number of hydrogen-bond donors (Lipinski definition) is 5. The van der Waals surface area contributed by atoms with Gasteiger partial charge in [0.15, 0.2) is 0 Å². The van der Waals surface area contributed by atoms with Gasteiger partial charge in [-0.05, 0) is 162 Å². The van der Waals surface area contributed by atoms with Crippen LogP contribution < -0.4 is 41.8 Å². The lowest BCUT2D eigenvalue weighted by Gasteiger charge is -2.37. The van der Waals surface area contributed by atoms with E-state index in [2.05, 4.69) is 109 Å². The standard InChI is InChI=1S/C31H38N4O3.C23H28N2O3.C8H12N2O/c1-5-35(25-10-12-38-13-11-25)29-16-26(34-18-23-8-6-7-9-24(23)19-34)15-27(22(29)4)30(36)32-17-28-20(2)14-21(3)33-31(28)37;1-3-25(19-8-10-28-11-9-19)22-13-20(12-21(16(22)2)23(26)27)24-14-17-6-4-5-7-18(17)15-24;1-5-3-6(2)10-8(11)7(5)4-9/h6-9,14-16,25H,5,10-13,17-19H2,1-4H3,(H,32,36)(H,33,37);4-7,12-13,19H,3,8-11,14-15H2,1-2H3,(H,26,27);3H,4,9H2,1-2H3,(H,10,11). The van der Waals surface area contributed by atoms with Crippen LogP contribution in [0, 0.1) is 41.5 Å². The van der Waals surface area contributed by atoms with Gasteiger partial charge in [-0.25, -0.2) is 4.79 Å². The Morgan fingerprint density at radius 3 is 1.38 bits per heavy atom. The Labute approximate surface area is 453 Å². The number of aromatic nitrogens is 2. The third-order valence-electron chi connectivity index (χ3n) is 15.8. The lowest BCUT2D eigenvalue weighted by molar-refractivity contribution is 0.0695. The van der Waals surface area contributed by atoms with Crippen molar-refractivity contribution in [2.75, 3.05) is 59.1 Å². The maximum absolute atomic E-state index is 13.7. The third-order valence-corrected chi connectivity index (χ3v) is 15.8. The van der Waals surface area contributed by atoms with E-state index in [0.717, 1.165) is 148 Å². The number of carboxylic acid groups (broad SMARTS) is 1. The highest BCUT2D eigenvalue weighted by Gasteiger charge is 2.29. The van der Waals surface area contributed by atoms with Gasteiger partial charge in [0.2, 0.25) is 0 Å². The van der Waals surface area contributed by atoms with Crippen molar-refractivity contribution in [3.05, 3.63) is 184 Å². The number of ether oxygens (including phenoxy) is 2. The fourth-order valence-corrected chi connectivity index (χ4v) is 11.6. The smallest absolute Gasteiger partial charge is 0.336 e. The molecule has 6 aromatic rings. The Balaban J connectivity index is 0.000000175. The summed E-state index contributed by atoms with van der Waals surface area (Å²) in [6.45, 7) is 24.4. The summed E-state index contributed by atoms with van der Waals surface area (Å²) in [6, 6.07) is 29.9. The Bertz CT molecular complexity index is 3140. The number of nitrogens with two attached hydrogens (primary N) is 1. The number of carboxylic acids is 1. The number of fused-ring (bicyclic) bond motifs is 2. The van der Waals surface area contributed by atoms with E-state index in [0.29, 0.717) is 40.9 Å². The summed E-state index contributed by atoms with van der Waals surface area (Å²) in [5, 5.41) is 12.9. The number of aryl methyl sites for hydroxylation is 4. The van der Waals surface area contributed by atoms with Crippen molar-refractivity contribution in [2.45, 2.75) is 132 Å². The number of H-pyrrole nitrogens is 2. The highest BCUT2D eigenvalue weighted by atomic mass is 16.5. The Hall–Kier alpha value is -7.20. The topological polar surface area (TPSA) is 190 Å². The molecule has 10 rings (SSSR count). The van der Waals surface area contributed by atoms with Crippen molar-refractivity contribution in [1.82, 2.24) is 15.3 Å². The maximum atomic E-state index is 13.7. The molecular formula is C62H78N8O7. The lowest BCUT2D eigenvalue weighted by atomic mass is 9.99. The number of rotatable bonds is 13. The van der Waals surface area contributed by atoms with Crippen LogP contribution in [0.4, 0.5) is 22.7 Å². The minimum atomic E-state index is -0.861. The highest BCUT2D eigenvalue weighted by molar-refractivity contribution is 5.98. The van der Waals surface area contributed by atoms with E-state index < -0.39 is 5.97 Å². The zero-order chi connectivity index (χ0) is 54.9. The van der Waals surface area contributed by atoms with Crippen LogP contribution in [0.25, 0.3) is 0 Å².